The van der Waals surface area contributed by atoms with Crippen molar-refractivity contribution in [2.45, 2.75) is 6.61 Å². The van der Waals surface area contributed by atoms with Gasteiger partial charge < -0.3 is 10.5 Å². The standard InChI is InChI=1S/C10H11N5O/c1-16-5-7-4-9(11)15-10(14-7)8-2-3-12-6-13-8/h2-4,6H,5H2,1H3,(H2,11,14,15). The van der Waals surface area contributed by atoms with Crippen molar-refractivity contribution >= 4 is 5.82 Å². The minimum atomic E-state index is 0.394. The molecule has 0 atom stereocenters. The zero-order chi connectivity index (χ0) is 11.4. The first-order chi connectivity index (χ1) is 7.79. The highest BCUT2D eigenvalue weighted by Crippen LogP contribution is 2.13. The van der Waals surface area contributed by atoms with Gasteiger partial charge in [-0.25, -0.2) is 19.9 Å². The van der Waals surface area contributed by atoms with Crippen LogP contribution in [0, 0.1) is 0 Å². The zero-order valence-electron chi connectivity index (χ0n) is 8.79. The predicted octanol–water partition coefficient (Wildman–Crippen LogP) is 0.662. The van der Waals surface area contributed by atoms with Crippen LogP contribution < -0.4 is 5.73 Å². The molecule has 0 aliphatic heterocycles. The molecule has 0 aromatic carbocycles. The lowest BCUT2D eigenvalue weighted by Crippen LogP contribution is -2.02. The topological polar surface area (TPSA) is 86.8 Å². The Morgan fingerprint density at radius 2 is 2.25 bits per heavy atom. The summed E-state index contributed by atoms with van der Waals surface area (Å²) in [5.41, 5.74) is 7.04. The molecule has 16 heavy (non-hydrogen) atoms. The van der Waals surface area contributed by atoms with E-state index >= 15 is 0 Å². The Labute approximate surface area is 92.6 Å². The van der Waals surface area contributed by atoms with Crippen molar-refractivity contribution in [2.75, 3.05) is 12.8 Å². The van der Waals surface area contributed by atoms with Crippen molar-refractivity contribution in [3.8, 4) is 11.5 Å². The maximum Gasteiger partial charge on any atom is 0.180 e. The van der Waals surface area contributed by atoms with Crippen LogP contribution in [0.3, 0.4) is 0 Å². The minimum Gasteiger partial charge on any atom is -0.384 e. The second kappa shape index (κ2) is 4.63. The van der Waals surface area contributed by atoms with E-state index in [4.69, 9.17) is 10.5 Å². The van der Waals surface area contributed by atoms with Gasteiger partial charge in [-0.2, -0.15) is 0 Å². The summed E-state index contributed by atoms with van der Waals surface area (Å²) in [6, 6.07) is 3.40. The molecular weight excluding hydrogens is 206 g/mol. The summed E-state index contributed by atoms with van der Waals surface area (Å²) in [4.78, 5) is 16.3. The molecule has 0 fully saturated rings. The van der Waals surface area contributed by atoms with Crippen LogP contribution in [0.4, 0.5) is 5.82 Å². The van der Waals surface area contributed by atoms with E-state index < -0.39 is 0 Å². The van der Waals surface area contributed by atoms with Gasteiger partial charge in [0.1, 0.15) is 17.8 Å². The summed E-state index contributed by atoms with van der Waals surface area (Å²) >= 11 is 0. The van der Waals surface area contributed by atoms with Crippen molar-refractivity contribution in [3.05, 3.63) is 30.4 Å². The first kappa shape index (κ1) is 10.4. The molecule has 0 radical (unpaired) electrons. The fraction of sp³-hybridized carbons (Fsp3) is 0.200. The van der Waals surface area contributed by atoms with E-state index in [0.717, 1.165) is 5.69 Å². The molecule has 0 aliphatic carbocycles. The molecule has 0 bridgehead atoms. The van der Waals surface area contributed by atoms with Crippen LogP contribution in [0.1, 0.15) is 5.69 Å². The molecule has 2 N–H and O–H groups in total. The van der Waals surface area contributed by atoms with Gasteiger partial charge in [-0.15, -0.1) is 0 Å². The van der Waals surface area contributed by atoms with E-state index in [0.29, 0.717) is 23.9 Å². The fourth-order valence-electron chi connectivity index (χ4n) is 1.28. The summed E-state index contributed by atoms with van der Waals surface area (Å²) in [6.45, 7) is 0.394. The number of nitrogens with two attached hydrogens (primary N) is 1. The molecule has 0 amide bonds. The van der Waals surface area contributed by atoms with Crippen molar-refractivity contribution in [2.24, 2.45) is 0 Å². The molecule has 2 aromatic rings. The smallest absolute Gasteiger partial charge is 0.180 e. The predicted molar refractivity (Wildman–Crippen MR) is 58.2 cm³/mol. The van der Waals surface area contributed by atoms with Gasteiger partial charge in [-0.3, -0.25) is 0 Å². The minimum absolute atomic E-state index is 0.394. The Hall–Kier alpha value is -2.08. The van der Waals surface area contributed by atoms with Crippen LogP contribution in [0.15, 0.2) is 24.7 Å². The number of aromatic nitrogens is 4. The number of rotatable bonds is 3. The number of methoxy groups -OCH3 is 1. The number of nitrogens with zero attached hydrogens (tertiary/aromatic N) is 4. The highest BCUT2D eigenvalue weighted by Gasteiger charge is 2.05. The number of nitrogen functional groups attached to an aromatic ring is 1. The molecule has 0 saturated heterocycles. The van der Waals surface area contributed by atoms with Gasteiger partial charge >= 0.3 is 0 Å². The Kier molecular flexibility index (Phi) is 3.02. The van der Waals surface area contributed by atoms with Crippen LogP contribution in [0.5, 0.6) is 0 Å². The molecular formula is C10H11N5O. The Bertz CT molecular complexity index is 474. The molecule has 0 spiro atoms. The molecule has 2 heterocycles. The Balaban J connectivity index is 2.41. The third-order valence-corrected chi connectivity index (χ3v) is 1.90. The maximum absolute atomic E-state index is 5.68. The Morgan fingerprint density at radius 1 is 1.38 bits per heavy atom. The van der Waals surface area contributed by atoms with Gasteiger partial charge in [0, 0.05) is 19.4 Å². The summed E-state index contributed by atoms with van der Waals surface area (Å²) in [5.74, 6) is 0.880. The van der Waals surface area contributed by atoms with Gasteiger partial charge in [0.05, 0.1) is 12.3 Å². The molecule has 6 nitrogen and oxygen atoms in total. The highest BCUT2D eigenvalue weighted by molar-refractivity contribution is 5.51. The largest absolute Gasteiger partial charge is 0.384 e. The summed E-state index contributed by atoms with van der Waals surface area (Å²) in [5, 5.41) is 0. The van der Waals surface area contributed by atoms with E-state index in [2.05, 4.69) is 19.9 Å². The lowest BCUT2D eigenvalue weighted by molar-refractivity contribution is 0.181. The first-order valence-electron chi connectivity index (χ1n) is 4.68. The number of hydrogen-bond donors (Lipinski definition) is 1. The summed E-state index contributed by atoms with van der Waals surface area (Å²) < 4.78 is 5.00. The van der Waals surface area contributed by atoms with E-state index in [1.165, 1.54) is 6.33 Å². The number of anilines is 1. The van der Waals surface area contributed by atoms with Crippen LogP contribution >= 0.6 is 0 Å². The first-order valence-corrected chi connectivity index (χ1v) is 4.68. The lowest BCUT2D eigenvalue weighted by Gasteiger charge is -2.04. The third-order valence-electron chi connectivity index (χ3n) is 1.90. The third kappa shape index (κ3) is 2.29. The Morgan fingerprint density at radius 3 is 2.94 bits per heavy atom. The SMILES string of the molecule is COCc1cc(N)nc(-c2ccncn2)n1. The van der Waals surface area contributed by atoms with Gasteiger partial charge in [0.25, 0.3) is 0 Å². The number of hydrogen-bond acceptors (Lipinski definition) is 6. The van der Waals surface area contributed by atoms with Gasteiger partial charge in [0.2, 0.25) is 0 Å². The van der Waals surface area contributed by atoms with Crippen molar-refractivity contribution in [3.63, 3.8) is 0 Å². The number of ether oxygens (including phenoxy) is 1. The quantitative estimate of drug-likeness (QED) is 0.812. The van der Waals surface area contributed by atoms with Crippen LogP contribution in [0.25, 0.3) is 11.5 Å². The molecule has 0 unspecified atom stereocenters. The average molecular weight is 217 g/mol. The normalized spacial score (nSPS) is 10.3. The molecule has 0 aliphatic rings. The lowest BCUT2D eigenvalue weighted by atomic mass is 10.3. The van der Waals surface area contributed by atoms with E-state index in [1.807, 2.05) is 0 Å². The van der Waals surface area contributed by atoms with Gasteiger partial charge in [0.15, 0.2) is 5.82 Å². The van der Waals surface area contributed by atoms with Gasteiger partial charge in [-0.05, 0) is 6.07 Å². The summed E-state index contributed by atoms with van der Waals surface area (Å²) in [6.07, 6.45) is 3.07. The molecule has 82 valence electrons. The highest BCUT2D eigenvalue weighted by atomic mass is 16.5. The van der Waals surface area contributed by atoms with Crippen LogP contribution in [-0.4, -0.2) is 27.0 Å². The van der Waals surface area contributed by atoms with E-state index in [1.54, 1.807) is 25.4 Å². The fourth-order valence-corrected chi connectivity index (χ4v) is 1.28. The van der Waals surface area contributed by atoms with Crippen molar-refractivity contribution in [1.29, 1.82) is 0 Å². The van der Waals surface area contributed by atoms with Crippen molar-refractivity contribution in [1.82, 2.24) is 19.9 Å². The monoisotopic (exact) mass is 217 g/mol. The molecule has 2 rings (SSSR count). The van der Waals surface area contributed by atoms with Gasteiger partial charge in [-0.1, -0.05) is 0 Å². The second-order valence-corrected chi connectivity index (χ2v) is 3.14. The molecule has 6 heteroatoms. The molecule has 2 aromatic heterocycles. The van der Waals surface area contributed by atoms with Crippen LogP contribution in [-0.2, 0) is 11.3 Å². The summed E-state index contributed by atoms with van der Waals surface area (Å²) in [7, 11) is 1.60. The van der Waals surface area contributed by atoms with E-state index in [-0.39, 0.29) is 0 Å². The van der Waals surface area contributed by atoms with Crippen molar-refractivity contribution < 1.29 is 4.74 Å². The molecule has 0 saturated carbocycles. The van der Waals surface area contributed by atoms with E-state index in [9.17, 15) is 0 Å². The van der Waals surface area contributed by atoms with Crippen LogP contribution in [0.2, 0.25) is 0 Å². The average Bonchev–Trinajstić information content (AvgIpc) is 2.30. The zero-order valence-corrected chi connectivity index (χ0v) is 8.79. The second-order valence-electron chi connectivity index (χ2n) is 3.14. The maximum atomic E-state index is 5.68.